The molecule has 2 aliphatic heterocycles. The van der Waals surface area contributed by atoms with Gasteiger partial charge >= 0.3 is 0 Å². The molecule has 5 rings (SSSR count). The van der Waals surface area contributed by atoms with Gasteiger partial charge in [-0.3, -0.25) is 9.59 Å². The lowest BCUT2D eigenvalue weighted by Gasteiger charge is -2.34. The molecular weight excluding hydrogens is 441 g/mol. The van der Waals surface area contributed by atoms with Gasteiger partial charge in [0.2, 0.25) is 0 Å². The SMILES string of the molecule is COc1cccc(C(=O)N2CCN(C(=O)c3nnn4c3CO[C@H](c3ccc(F)cc3)C4)CC2)c1. The molecule has 9 nitrogen and oxygen atoms in total. The summed E-state index contributed by atoms with van der Waals surface area (Å²) in [6, 6.07) is 13.2. The zero-order valence-corrected chi connectivity index (χ0v) is 18.7. The molecule has 0 saturated carbocycles. The molecule has 0 spiro atoms. The Hall–Kier alpha value is -3.79. The molecule has 0 N–H and O–H groups in total. The van der Waals surface area contributed by atoms with Gasteiger partial charge in [-0.05, 0) is 35.9 Å². The minimum atomic E-state index is -0.306. The van der Waals surface area contributed by atoms with Crippen LogP contribution in [-0.4, -0.2) is 69.9 Å². The van der Waals surface area contributed by atoms with Crippen LogP contribution in [0.25, 0.3) is 0 Å². The average molecular weight is 465 g/mol. The Balaban J connectivity index is 1.22. The highest BCUT2D eigenvalue weighted by atomic mass is 19.1. The lowest BCUT2D eigenvalue weighted by molar-refractivity contribution is -0.00206. The van der Waals surface area contributed by atoms with Crippen molar-refractivity contribution < 1.29 is 23.5 Å². The van der Waals surface area contributed by atoms with Gasteiger partial charge in [-0.15, -0.1) is 5.10 Å². The van der Waals surface area contributed by atoms with E-state index in [2.05, 4.69) is 10.3 Å². The van der Waals surface area contributed by atoms with Crippen molar-refractivity contribution in [2.24, 2.45) is 0 Å². The molecule has 3 heterocycles. The highest BCUT2D eigenvalue weighted by Gasteiger charge is 2.32. The zero-order chi connectivity index (χ0) is 23.7. The maximum absolute atomic E-state index is 13.2. The number of halogens is 1. The molecule has 2 aliphatic rings. The second-order valence-electron chi connectivity index (χ2n) is 8.23. The number of fused-ring (bicyclic) bond motifs is 1. The maximum Gasteiger partial charge on any atom is 0.276 e. The van der Waals surface area contributed by atoms with E-state index in [9.17, 15) is 14.0 Å². The van der Waals surface area contributed by atoms with Crippen LogP contribution in [0.3, 0.4) is 0 Å². The van der Waals surface area contributed by atoms with Crippen molar-refractivity contribution in [2.45, 2.75) is 19.3 Å². The van der Waals surface area contributed by atoms with Crippen molar-refractivity contribution in [3.8, 4) is 5.75 Å². The number of methoxy groups -OCH3 is 1. The standard InChI is InChI=1S/C24H24FN5O4/c1-33-19-4-2-3-17(13-19)23(31)28-9-11-29(12-10-28)24(32)22-20-15-34-21(14-30(20)27-26-22)16-5-7-18(25)8-6-16/h2-8,13,21H,9-12,14-15H2,1H3/t21-/m0/s1. The second kappa shape index (κ2) is 9.22. The molecule has 1 aromatic heterocycles. The zero-order valence-electron chi connectivity index (χ0n) is 18.7. The van der Waals surface area contributed by atoms with Crippen molar-refractivity contribution in [1.82, 2.24) is 24.8 Å². The predicted molar refractivity (Wildman–Crippen MR) is 119 cm³/mol. The highest BCUT2D eigenvalue weighted by molar-refractivity contribution is 5.95. The van der Waals surface area contributed by atoms with Crippen LogP contribution in [0.4, 0.5) is 4.39 Å². The summed E-state index contributed by atoms with van der Waals surface area (Å²) in [6.45, 7) is 2.23. The molecule has 0 bridgehead atoms. The van der Waals surface area contributed by atoms with Crippen LogP contribution in [0.2, 0.25) is 0 Å². The number of nitrogens with zero attached hydrogens (tertiary/aromatic N) is 5. The molecule has 0 radical (unpaired) electrons. The van der Waals surface area contributed by atoms with Crippen molar-refractivity contribution in [1.29, 1.82) is 0 Å². The Kier molecular flexibility index (Phi) is 5.97. The van der Waals surface area contributed by atoms with Gasteiger partial charge in [0.25, 0.3) is 11.8 Å². The summed E-state index contributed by atoms with van der Waals surface area (Å²) in [6.07, 6.45) is -0.288. The van der Waals surface area contributed by atoms with E-state index >= 15 is 0 Å². The first-order chi connectivity index (χ1) is 16.5. The van der Waals surface area contributed by atoms with Crippen molar-refractivity contribution >= 4 is 11.8 Å². The lowest BCUT2D eigenvalue weighted by Crippen LogP contribution is -2.50. The Bertz CT molecular complexity index is 1200. The molecule has 1 atom stereocenters. The monoisotopic (exact) mass is 465 g/mol. The highest BCUT2D eigenvalue weighted by Crippen LogP contribution is 2.27. The Morgan fingerprint density at radius 1 is 1.03 bits per heavy atom. The first kappa shape index (κ1) is 22.0. The van der Waals surface area contributed by atoms with E-state index in [1.807, 2.05) is 0 Å². The number of carbonyl (C=O) groups is 2. The summed E-state index contributed by atoms with van der Waals surface area (Å²) in [5.41, 5.74) is 2.29. The molecule has 10 heteroatoms. The summed E-state index contributed by atoms with van der Waals surface area (Å²) in [7, 11) is 1.56. The molecule has 0 aliphatic carbocycles. The van der Waals surface area contributed by atoms with Crippen LogP contribution in [0.15, 0.2) is 48.5 Å². The number of hydrogen-bond donors (Lipinski definition) is 0. The average Bonchev–Trinajstić information content (AvgIpc) is 3.31. The first-order valence-electron chi connectivity index (χ1n) is 11.1. The van der Waals surface area contributed by atoms with Gasteiger partial charge in [-0.2, -0.15) is 0 Å². The maximum atomic E-state index is 13.2. The van der Waals surface area contributed by atoms with Crippen LogP contribution in [0, 0.1) is 5.82 Å². The van der Waals surface area contributed by atoms with Gasteiger partial charge in [-0.1, -0.05) is 23.4 Å². The Morgan fingerprint density at radius 2 is 1.74 bits per heavy atom. The summed E-state index contributed by atoms with van der Waals surface area (Å²) in [5.74, 6) is 0.00520. The van der Waals surface area contributed by atoms with E-state index in [-0.39, 0.29) is 36.0 Å². The van der Waals surface area contributed by atoms with Gasteiger partial charge in [0.15, 0.2) is 5.69 Å². The van der Waals surface area contributed by atoms with Crippen LogP contribution in [0.1, 0.15) is 38.2 Å². The second-order valence-corrected chi connectivity index (χ2v) is 8.23. The molecule has 2 amide bonds. The third-order valence-corrected chi connectivity index (χ3v) is 6.21. The minimum Gasteiger partial charge on any atom is -0.497 e. The number of rotatable bonds is 4. The molecular formula is C24H24FN5O4. The van der Waals surface area contributed by atoms with Crippen LogP contribution >= 0.6 is 0 Å². The van der Waals surface area contributed by atoms with Crippen LogP contribution in [-0.2, 0) is 17.9 Å². The molecule has 34 heavy (non-hydrogen) atoms. The fourth-order valence-corrected chi connectivity index (χ4v) is 4.26. The number of ether oxygens (including phenoxy) is 2. The molecule has 3 aromatic rings. The summed E-state index contributed by atoms with van der Waals surface area (Å²) in [4.78, 5) is 29.4. The van der Waals surface area contributed by atoms with E-state index in [0.29, 0.717) is 49.7 Å². The third-order valence-electron chi connectivity index (χ3n) is 6.21. The van der Waals surface area contributed by atoms with E-state index in [1.165, 1.54) is 12.1 Å². The van der Waals surface area contributed by atoms with Gasteiger partial charge in [0.05, 0.1) is 26.0 Å². The van der Waals surface area contributed by atoms with E-state index in [1.54, 1.807) is 58.0 Å². The molecule has 1 saturated heterocycles. The summed E-state index contributed by atoms with van der Waals surface area (Å²) >= 11 is 0. The molecule has 1 fully saturated rings. The summed E-state index contributed by atoms with van der Waals surface area (Å²) < 4.78 is 26.0. The lowest BCUT2D eigenvalue weighted by atomic mass is 10.1. The fraction of sp³-hybridized carbons (Fsp3) is 0.333. The Morgan fingerprint density at radius 3 is 2.44 bits per heavy atom. The van der Waals surface area contributed by atoms with E-state index in [0.717, 1.165) is 5.56 Å². The number of piperazine rings is 1. The predicted octanol–water partition coefficient (Wildman–Crippen LogP) is 2.30. The van der Waals surface area contributed by atoms with Gasteiger partial charge in [0, 0.05) is 31.7 Å². The topological polar surface area (TPSA) is 89.8 Å². The summed E-state index contributed by atoms with van der Waals surface area (Å²) in [5, 5.41) is 8.28. The van der Waals surface area contributed by atoms with E-state index < -0.39 is 0 Å². The fourth-order valence-electron chi connectivity index (χ4n) is 4.26. The number of carbonyl (C=O) groups excluding carboxylic acids is 2. The number of benzene rings is 2. The Labute approximate surface area is 195 Å². The first-order valence-corrected chi connectivity index (χ1v) is 11.1. The molecule has 0 unspecified atom stereocenters. The molecule has 2 aromatic carbocycles. The van der Waals surface area contributed by atoms with Gasteiger partial charge < -0.3 is 19.3 Å². The van der Waals surface area contributed by atoms with Crippen molar-refractivity contribution in [2.75, 3.05) is 33.3 Å². The largest absolute Gasteiger partial charge is 0.497 e. The van der Waals surface area contributed by atoms with Crippen LogP contribution < -0.4 is 4.74 Å². The van der Waals surface area contributed by atoms with Gasteiger partial charge in [-0.25, -0.2) is 9.07 Å². The normalized spacial score (nSPS) is 17.9. The smallest absolute Gasteiger partial charge is 0.276 e. The van der Waals surface area contributed by atoms with Crippen molar-refractivity contribution in [3.63, 3.8) is 0 Å². The van der Waals surface area contributed by atoms with Crippen LogP contribution in [0.5, 0.6) is 5.75 Å². The minimum absolute atomic E-state index is 0.0905. The van der Waals surface area contributed by atoms with E-state index in [4.69, 9.17) is 9.47 Å². The number of hydrogen-bond acceptors (Lipinski definition) is 6. The number of aromatic nitrogens is 3. The quantitative estimate of drug-likeness (QED) is 0.588. The molecule has 176 valence electrons. The third kappa shape index (κ3) is 4.24. The van der Waals surface area contributed by atoms with Gasteiger partial charge in [0.1, 0.15) is 17.7 Å². The number of amides is 2. The van der Waals surface area contributed by atoms with Crippen molar-refractivity contribution in [3.05, 3.63) is 76.9 Å².